The fourth-order valence-corrected chi connectivity index (χ4v) is 8.65. The van der Waals surface area contributed by atoms with Gasteiger partial charge in [0.1, 0.15) is 11.7 Å². The van der Waals surface area contributed by atoms with Gasteiger partial charge in [-0.3, -0.25) is 0 Å². The predicted molar refractivity (Wildman–Crippen MR) is 254 cm³/mol. The second kappa shape index (κ2) is 16.9. The van der Waals surface area contributed by atoms with Gasteiger partial charge in [0.15, 0.2) is 5.84 Å². The zero-order valence-corrected chi connectivity index (χ0v) is 35.1. The van der Waals surface area contributed by atoms with Crippen LogP contribution in [-0.2, 0) is 0 Å². The first-order valence-electron chi connectivity index (χ1n) is 21.0. The van der Waals surface area contributed by atoms with Crippen LogP contribution < -0.4 is 15.8 Å². The zero-order chi connectivity index (χ0) is 46.2. The molecule has 2 aliphatic rings. The van der Waals surface area contributed by atoms with Crippen molar-refractivity contribution in [1.82, 2.24) is 9.88 Å². The van der Waals surface area contributed by atoms with Crippen molar-refractivity contribution in [2.75, 3.05) is 0 Å². The highest BCUT2D eigenvalue weighted by atomic mass is 19.4. The molecule has 67 heavy (non-hydrogen) atoms. The molecule has 11 heteroatoms. The molecule has 1 aliphatic carbocycles. The van der Waals surface area contributed by atoms with Gasteiger partial charge >= 0.3 is 6.18 Å². The summed E-state index contributed by atoms with van der Waals surface area (Å²) in [5.41, 5.74) is 7.58. The average molecular weight is 873 g/mol. The summed E-state index contributed by atoms with van der Waals surface area (Å²) in [7, 11) is 0. The van der Waals surface area contributed by atoms with E-state index >= 15 is 0 Å². The fourth-order valence-electron chi connectivity index (χ4n) is 8.65. The Morgan fingerprint density at radius 3 is 1.69 bits per heavy atom. The lowest BCUT2D eigenvalue weighted by molar-refractivity contribution is -0.0882. The second-order valence-electron chi connectivity index (χ2n) is 15.8. The third-order valence-electron chi connectivity index (χ3n) is 11.8. The normalized spacial score (nSPS) is 15.1. The number of benzene rings is 7. The molecule has 1 aromatic heterocycles. The lowest BCUT2D eigenvalue weighted by Gasteiger charge is -2.19. The summed E-state index contributed by atoms with van der Waals surface area (Å²) in [6.45, 7) is 0. The molecule has 10 rings (SSSR count). The maximum atomic E-state index is 14.3. The molecule has 0 amide bonds. The van der Waals surface area contributed by atoms with Gasteiger partial charge in [0.05, 0.1) is 63.1 Å². The fraction of sp³-hybridized carbons (Fsp3) is 0.0357. The van der Waals surface area contributed by atoms with Crippen molar-refractivity contribution in [3.63, 3.8) is 0 Å². The van der Waals surface area contributed by atoms with Crippen LogP contribution in [0.15, 0.2) is 185 Å². The van der Waals surface area contributed by atoms with Gasteiger partial charge in [0.2, 0.25) is 0 Å². The number of allylic oxidation sites excluding steroid dienone is 4. The number of fused-ring (bicyclic) bond motifs is 3. The quantitative estimate of drug-likeness (QED) is 0.184. The first kappa shape index (κ1) is 41.5. The van der Waals surface area contributed by atoms with Gasteiger partial charge in [-0.1, -0.05) is 103 Å². The van der Waals surface area contributed by atoms with Crippen molar-refractivity contribution in [2.45, 2.75) is 12.6 Å². The monoisotopic (exact) mass is 872 g/mol. The van der Waals surface area contributed by atoms with Crippen LogP contribution in [0, 0.1) is 45.3 Å². The Morgan fingerprint density at radius 2 is 1.13 bits per heavy atom. The van der Waals surface area contributed by atoms with Crippen LogP contribution in [0.1, 0.15) is 39.8 Å². The van der Waals surface area contributed by atoms with E-state index in [1.54, 1.807) is 36.4 Å². The molecule has 316 valence electrons. The molecule has 0 bridgehead atoms. The smallest absolute Gasteiger partial charge is 0.324 e. The third kappa shape index (κ3) is 7.70. The van der Waals surface area contributed by atoms with E-state index in [9.17, 15) is 34.2 Å². The summed E-state index contributed by atoms with van der Waals surface area (Å²) in [6, 6.07) is 55.0. The summed E-state index contributed by atoms with van der Waals surface area (Å²) in [5.74, 6) is 1.31. The van der Waals surface area contributed by atoms with Gasteiger partial charge in [0, 0.05) is 32.8 Å². The average Bonchev–Trinajstić information content (AvgIpc) is 3.71. The largest absolute Gasteiger partial charge is 0.416 e. The standard InChI is InChI=1S/C56H31F3N8/c57-56(58,59)43-13-7-12-38(26-43)47-21-18-44(29-50(47)55-65-53(36-8-3-1-4-9-36)64-54(66-55)37-10-5-2-6-11-37)67-51-22-16-39(45-19-14-34(30-60)24-41(45)32-62)27-48(51)49-28-40(17-23-52(49)67)46-20-15-35(31-61)25-42(46)33-63/h1-11,13-29H,12H2,(H,64,65,66). The number of nitrogens with zero attached hydrogens (tertiary/aromatic N) is 7. The van der Waals surface area contributed by atoms with Gasteiger partial charge in [-0.25, -0.2) is 9.98 Å². The van der Waals surface area contributed by atoms with E-state index in [0.717, 1.165) is 50.1 Å². The number of nitrogens with one attached hydrogen (secondary N) is 1. The number of hydrogen-bond acceptors (Lipinski definition) is 7. The molecule has 8 nitrogen and oxygen atoms in total. The number of nitriles is 4. The molecular weight excluding hydrogens is 842 g/mol. The minimum atomic E-state index is -4.57. The number of amidine groups is 2. The molecule has 7 aromatic carbocycles. The van der Waals surface area contributed by atoms with Gasteiger partial charge in [-0.2, -0.15) is 34.2 Å². The topological polar surface area (TPSA) is 137 Å². The van der Waals surface area contributed by atoms with Crippen LogP contribution in [0.2, 0.25) is 0 Å². The number of aliphatic imine (C=N–C) groups is 2. The molecular formula is C56H31F3N8. The van der Waals surface area contributed by atoms with E-state index in [0.29, 0.717) is 72.6 Å². The Balaban J connectivity index is 1.28. The molecule has 0 saturated carbocycles. The van der Waals surface area contributed by atoms with E-state index in [4.69, 9.17) is 9.98 Å². The van der Waals surface area contributed by atoms with Crippen molar-refractivity contribution >= 4 is 44.9 Å². The van der Waals surface area contributed by atoms with Gasteiger partial charge in [-0.05, 0) is 106 Å². The summed E-state index contributed by atoms with van der Waals surface area (Å²) < 4.78 is 44.9. The molecule has 8 aromatic rings. The molecule has 0 spiro atoms. The summed E-state index contributed by atoms with van der Waals surface area (Å²) in [5, 5.41) is 45.6. The van der Waals surface area contributed by atoms with Crippen molar-refractivity contribution in [3.8, 4) is 52.2 Å². The first-order chi connectivity index (χ1) is 32.6. The molecule has 0 fully saturated rings. The molecule has 1 aliphatic heterocycles. The van der Waals surface area contributed by atoms with Crippen LogP contribution in [0.4, 0.5) is 13.2 Å². The predicted octanol–water partition coefficient (Wildman–Crippen LogP) is 10.8. The van der Waals surface area contributed by atoms with Crippen molar-refractivity contribution < 1.29 is 13.2 Å². The van der Waals surface area contributed by atoms with Crippen LogP contribution in [0.5, 0.6) is 0 Å². The Hall–Kier alpha value is -9.55. The Morgan fingerprint density at radius 1 is 0.552 bits per heavy atom. The molecule has 0 atom stereocenters. The Kier molecular flexibility index (Phi) is 10.4. The number of alkyl halides is 3. The van der Waals surface area contributed by atoms with E-state index in [-0.39, 0.29) is 6.42 Å². The molecule has 0 radical (unpaired) electrons. The van der Waals surface area contributed by atoms with Gasteiger partial charge in [0.25, 0.3) is 0 Å². The minimum Gasteiger partial charge on any atom is -0.324 e. The van der Waals surface area contributed by atoms with Gasteiger partial charge < -0.3 is 9.88 Å². The van der Waals surface area contributed by atoms with Crippen LogP contribution in [0.25, 0.3) is 61.1 Å². The van der Waals surface area contributed by atoms with Crippen molar-refractivity contribution in [2.24, 2.45) is 9.98 Å². The molecule has 1 N–H and O–H groups in total. The summed E-state index contributed by atoms with van der Waals surface area (Å²) >= 11 is 0. The lowest BCUT2D eigenvalue weighted by atomic mass is 9.95. The number of rotatable bonds is 5. The van der Waals surface area contributed by atoms with Crippen molar-refractivity contribution in [3.05, 3.63) is 219 Å². The highest BCUT2D eigenvalue weighted by Crippen LogP contribution is 2.39. The van der Waals surface area contributed by atoms with Crippen LogP contribution in [-0.4, -0.2) is 22.4 Å². The molecule has 0 unspecified atom stereocenters. The second-order valence-corrected chi connectivity index (χ2v) is 15.8. The van der Waals surface area contributed by atoms with Gasteiger partial charge in [-0.15, -0.1) is 0 Å². The van der Waals surface area contributed by atoms with E-state index in [1.807, 2.05) is 115 Å². The van der Waals surface area contributed by atoms with E-state index in [1.165, 1.54) is 12.2 Å². The number of aromatic nitrogens is 1. The van der Waals surface area contributed by atoms with E-state index in [2.05, 4.69) is 34.2 Å². The number of hydrogen-bond donors (Lipinski definition) is 1. The number of halogens is 3. The highest BCUT2D eigenvalue weighted by Gasteiger charge is 2.33. The Labute approximate surface area is 381 Å². The van der Waals surface area contributed by atoms with E-state index < -0.39 is 11.7 Å². The molecule has 0 saturated heterocycles. The highest BCUT2D eigenvalue weighted by molar-refractivity contribution is 6.16. The Bertz CT molecular complexity index is 3700. The zero-order valence-electron chi connectivity index (χ0n) is 35.1. The maximum Gasteiger partial charge on any atom is 0.416 e. The third-order valence-corrected chi connectivity index (χ3v) is 11.8. The van der Waals surface area contributed by atoms with Crippen LogP contribution in [0.3, 0.4) is 0 Å². The summed E-state index contributed by atoms with van der Waals surface area (Å²) in [6.07, 6.45) is -0.511. The minimum absolute atomic E-state index is 0.245. The SMILES string of the molecule is N#Cc1ccc(-c2ccc3c(c2)c2cc(-c4ccc(C#N)cc4C#N)ccc2n3-c2ccc(=C3C=C(C(F)(F)F)C=CC3)c(=C3N=C(c4ccccc4)N=C(c4ccccc4)N3)c2)c(C#N)c1. The van der Waals surface area contributed by atoms with Crippen molar-refractivity contribution in [1.29, 1.82) is 21.0 Å². The maximum absolute atomic E-state index is 14.3. The lowest BCUT2D eigenvalue weighted by Crippen LogP contribution is -2.38. The van der Waals surface area contributed by atoms with Crippen LogP contribution >= 0.6 is 0 Å². The molecule has 2 heterocycles. The first-order valence-corrected chi connectivity index (χ1v) is 21.0. The summed E-state index contributed by atoms with van der Waals surface area (Å²) in [4.78, 5) is 10.0.